The number of rotatable bonds is 20. The van der Waals surface area contributed by atoms with E-state index in [2.05, 4.69) is 31.2 Å². The molecule has 1 aliphatic heterocycles. The normalized spacial score (nSPS) is 12.9. The van der Waals surface area contributed by atoms with Gasteiger partial charge in [-0.2, -0.15) is 15.3 Å². The number of halogens is 4. The third-order valence-electron chi connectivity index (χ3n) is 16.1. The molecule has 1 saturated heterocycles. The topological polar surface area (TPSA) is 357 Å². The number of aromatic nitrogens is 6. The predicted molar refractivity (Wildman–Crippen MR) is 358 cm³/mol. The molecule has 2 unspecified atom stereocenters. The van der Waals surface area contributed by atoms with Gasteiger partial charge in [0.05, 0.1) is 12.6 Å². The number of aryl methyl sites for hydroxylation is 3. The van der Waals surface area contributed by atoms with E-state index in [9.17, 15) is 46.3 Å². The lowest BCUT2D eigenvalue weighted by molar-refractivity contribution is 0.0941. The number of nitrogen functional groups attached to an aromatic ring is 3. The summed E-state index contributed by atoms with van der Waals surface area (Å²) >= 11 is 0. The van der Waals surface area contributed by atoms with Gasteiger partial charge >= 0.3 is 0 Å². The van der Waals surface area contributed by atoms with Gasteiger partial charge in [-0.25, -0.2) is 31.6 Å². The van der Waals surface area contributed by atoms with Gasteiger partial charge in [0.1, 0.15) is 74.5 Å². The Hall–Kier alpha value is -11.2. The van der Waals surface area contributed by atoms with E-state index in [0.29, 0.717) is 81.6 Å². The Kier molecular flexibility index (Phi) is 22.6. The number of hydrogen-bond donors (Lipinski definition) is 9. The second kappa shape index (κ2) is 30.7. The van der Waals surface area contributed by atoms with Crippen LogP contribution in [0.2, 0.25) is 0 Å². The van der Waals surface area contributed by atoms with E-state index in [1.165, 1.54) is 53.2 Å². The molecule has 22 nitrogen and oxygen atoms in total. The Balaban J connectivity index is 0.000000185. The highest BCUT2D eigenvalue weighted by Gasteiger charge is 2.31. The number of carbonyl (C=O) groups excluding carboxylic acids is 6. The molecule has 0 aliphatic carbocycles. The monoisotopic (exact) mass is 1320 g/mol. The standard InChI is InChI=1S/C25H28FN5O3.C23H26FN5O2.C22H23F2N5O2/c1-14-3-8-19(26)11-20(14)25(33)29-12-16-4-6-17(7-5-16)22-21(24(28)32)23(27)31(30-22)15(2)18-9-10-34-13-18;1-13(2)12-29-21(25)19(22(26)30)20(28-29)16-7-5-15(6-8-16)11-27-23(31)18-10-17(24)9-4-14(18)3;1-11(2)29-20(25)18(21(26)30)19(28-29)13-5-6-14(17(24)8-13)10-27-22(31)16-9-15(23)7-4-12(16)3/h3-8,11,15,18H,9-10,12-13,27H2,1-2H3,(H2,28,32)(H,29,33);4-10,13H,11-12,25H2,1-3H3,(H2,26,30)(H,27,31);4-9,11H,10,25H2,1-3H3,(H2,26,30)(H,27,31). The molecule has 15 N–H and O–H groups in total. The zero-order chi connectivity index (χ0) is 70.0. The van der Waals surface area contributed by atoms with Crippen molar-refractivity contribution in [1.82, 2.24) is 45.3 Å². The molecule has 96 heavy (non-hydrogen) atoms. The zero-order valence-electron chi connectivity index (χ0n) is 54.3. The Morgan fingerprint density at radius 3 is 1.31 bits per heavy atom. The lowest BCUT2D eigenvalue weighted by Gasteiger charge is -2.19. The van der Waals surface area contributed by atoms with Crippen LogP contribution in [-0.4, -0.2) is 78.0 Å². The van der Waals surface area contributed by atoms with Crippen LogP contribution >= 0.6 is 0 Å². The summed E-state index contributed by atoms with van der Waals surface area (Å²) in [6.45, 7) is 17.2. The summed E-state index contributed by atoms with van der Waals surface area (Å²) in [5.74, 6) is -4.17. The number of carbonyl (C=O) groups is 6. The summed E-state index contributed by atoms with van der Waals surface area (Å²) in [6, 6.07) is 30.6. The van der Waals surface area contributed by atoms with Gasteiger partial charge in [-0.3, -0.25) is 28.8 Å². The Bertz CT molecular complexity index is 4380. The molecule has 9 aromatic rings. The minimum absolute atomic E-state index is 0.0238. The molecule has 1 fully saturated rings. The van der Waals surface area contributed by atoms with Gasteiger partial charge in [0, 0.05) is 83.7 Å². The average molecular weight is 1320 g/mol. The van der Waals surface area contributed by atoms with Crippen molar-refractivity contribution in [3.05, 3.63) is 211 Å². The summed E-state index contributed by atoms with van der Waals surface area (Å²) in [4.78, 5) is 73.2. The summed E-state index contributed by atoms with van der Waals surface area (Å²) in [6.07, 6.45) is 0.900. The summed E-state index contributed by atoms with van der Waals surface area (Å²) in [5, 5.41) is 21.6. The molecule has 26 heteroatoms. The van der Waals surface area contributed by atoms with Crippen molar-refractivity contribution in [3.8, 4) is 33.8 Å². The molecule has 1 aliphatic rings. The maximum atomic E-state index is 14.7. The lowest BCUT2D eigenvalue weighted by Crippen LogP contribution is -2.24. The van der Waals surface area contributed by atoms with Crippen LogP contribution < -0.4 is 50.4 Å². The highest BCUT2D eigenvalue weighted by Crippen LogP contribution is 2.35. The zero-order valence-corrected chi connectivity index (χ0v) is 54.3. The Morgan fingerprint density at radius 2 is 0.906 bits per heavy atom. The number of nitrogens with zero attached hydrogens (tertiary/aromatic N) is 6. The Morgan fingerprint density at radius 1 is 0.510 bits per heavy atom. The average Bonchev–Trinajstić information content (AvgIpc) is 1.64. The fraction of sp³-hybridized carbons (Fsp3) is 0.271. The number of primary amides is 3. The van der Waals surface area contributed by atoms with Crippen molar-refractivity contribution >= 4 is 52.9 Å². The number of hydrogen-bond acceptors (Lipinski definition) is 13. The maximum Gasteiger partial charge on any atom is 0.254 e. The summed E-state index contributed by atoms with van der Waals surface area (Å²) in [7, 11) is 0. The van der Waals surface area contributed by atoms with Crippen LogP contribution in [0.3, 0.4) is 0 Å². The summed E-state index contributed by atoms with van der Waals surface area (Å²) < 4.78 is 65.3. The molecule has 4 heterocycles. The fourth-order valence-corrected chi connectivity index (χ4v) is 10.8. The van der Waals surface area contributed by atoms with E-state index in [1.54, 1.807) is 72.6 Å². The largest absolute Gasteiger partial charge is 0.383 e. The van der Waals surface area contributed by atoms with E-state index >= 15 is 0 Å². The Labute approximate surface area is 551 Å². The molecule has 0 radical (unpaired) electrons. The lowest BCUT2D eigenvalue weighted by atomic mass is 10.0. The first-order valence-corrected chi connectivity index (χ1v) is 30.7. The van der Waals surface area contributed by atoms with Gasteiger partial charge in [-0.15, -0.1) is 0 Å². The van der Waals surface area contributed by atoms with Gasteiger partial charge < -0.3 is 55.1 Å². The minimum atomic E-state index is -0.762. The van der Waals surface area contributed by atoms with Crippen LogP contribution in [0.1, 0.15) is 149 Å². The van der Waals surface area contributed by atoms with E-state index in [1.807, 2.05) is 58.9 Å². The molecule has 2 atom stereocenters. The molecule has 502 valence electrons. The summed E-state index contributed by atoms with van der Waals surface area (Å²) in [5.41, 5.74) is 42.8. The minimum Gasteiger partial charge on any atom is -0.383 e. The van der Waals surface area contributed by atoms with Crippen LogP contribution in [0.5, 0.6) is 0 Å². The van der Waals surface area contributed by atoms with Crippen molar-refractivity contribution < 1.29 is 51.1 Å². The predicted octanol–water partition coefficient (Wildman–Crippen LogP) is 9.80. The van der Waals surface area contributed by atoms with E-state index < -0.39 is 46.9 Å². The van der Waals surface area contributed by atoms with Gasteiger partial charge in [-0.05, 0) is 124 Å². The van der Waals surface area contributed by atoms with Gasteiger partial charge in [-0.1, -0.05) is 92.7 Å². The SMILES string of the molecule is Cc1ccc(F)cc1C(=O)NCc1ccc(-c2nn(C(C)C)c(N)c2C(N)=O)cc1F.Cc1ccc(F)cc1C(=O)NCc1ccc(-c2nn(C(C)C3CCOC3)c(N)c2C(N)=O)cc1.Cc1ccc(F)cc1C(=O)NCc1ccc(-c2nn(CC(C)C)c(N)c2C(N)=O)cc1. The van der Waals surface area contributed by atoms with Crippen molar-refractivity contribution in [2.45, 2.75) is 100 Å². The van der Waals surface area contributed by atoms with Crippen molar-refractivity contribution in [3.63, 3.8) is 0 Å². The number of benzene rings is 6. The molecular weight excluding hydrogens is 1240 g/mol. The second-order valence-corrected chi connectivity index (χ2v) is 24.0. The first kappa shape index (κ1) is 70.7. The first-order chi connectivity index (χ1) is 45.5. The van der Waals surface area contributed by atoms with Crippen LogP contribution in [0.25, 0.3) is 33.8 Å². The molecule has 6 amide bonds. The molecule has 3 aromatic heterocycles. The van der Waals surface area contributed by atoms with Gasteiger partial charge in [0.15, 0.2) is 0 Å². The molecule has 10 rings (SSSR count). The van der Waals surface area contributed by atoms with Crippen molar-refractivity contribution in [2.24, 2.45) is 29.0 Å². The molecule has 0 saturated carbocycles. The highest BCUT2D eigenvalue weighted by atomic mass is 19.1. The van der Waals surface area contributed by atoms with Crippen molar-refractivity contribution in [1.29, 1.82) is 0 Å². The smallest absolute Gasteiger partial charge is 0.254 e. The number of amides is 6. The molecule has 0 bridgehead atoms. The van der Waals surface area contributed by atoms with Crippen LogP contribution in [0.15, 0.2) is 121 Å². The third-order valence-corrected chi connectivity index (χ3v) is 16.1. The second-order valence-electron chi connectivity index (χ2n) is 24.0. The van der Waals surface area contributed by atoms with Gasteiger partial charge in [0.25, 0.3) is 35.4 Å². The first-order valence-electron chi connectivity index (χ1n) is 30.7. The number of ether oxygens (including phenoxy) is 1. The number of nitrogens with one attached hydrogen (secondary N) is 3. The van der Waals surface area contributed by atoms with E-state index in [4.69, 9.17) is 39.1 Å². The van der Waals surface area contributed by atoms with E-state index in [-0.39, 0.29) is 100 Å². The quantitative estimate of drug-likeness (QED) is 0.0321. The van der Waals surface area contributed by atoms with Crippen molar-refractivity contribution in [2.75, 3.05) is 30.4 Å². The number of anilines is 3. The van der Waals surface area contributed by atoms with Crippen LogP contribution in [0, 0.1) is 55.9 Å². The van der Waals surface area contributed by atoms with Crippen LogP contribution in [0.4, 0.5) is 35.0 Å². The fourth-order valence-electron chi connectivity index (χ4n) is 10.8. The van der Waals surface area contributed by atoms with Crippen LogP contribution in [-0.2, 0) is 30.9 Å². The molecular formula is C70H77F4N15O7. The van der Waals surface area contributed by atoms with Gasteiger partial charge in [0.2, 0.25) is 0 Å². The number of nitrogens with two attached hydrogens (primary N) is 6. The highest BCUT2D eigenvalue weighted by molar-refractivity contribution is 6.05. The molecule has 6 aromatic carbocycles. The maximum absolute atomic E-state index is 14.7. The third kappa shape index (κ3) is 16.6. The van der Waals surface area contributed by atoms with E-state index in [0.717, 1.165) is 23.6 Å². The molecule has 0 spiro atoms.